The Morgan fingerprint density at radius 3 is 2.74 bits per heavy atom. The number of sulfone groups is 1. The number of benzene rings is 2. The molecule has 2 heterocycles. The quantitative estimate of drug-likeness (QED) is 0.342. The molecule has 3 aromatic rings. The summed E-state index contributed by atoms with van der Waals surface area (Å²) < 4.78 is 54.8. The standard InChI is InChI=1S/C28H30FNO7S/c1-17-10-24(35-8-5-9-38(3,33)34)28(29)18(2)27(17)20-7-4-6-19(11-20)15-37-25-13-23-22(14-30-25)21(16-36-23)12-26(31)32/h4,6-7,10-11,13-14,21H,5,8-9,12,15-16H2,1-3H3,(H,31,32)/t21-/m0/s1. The fraction of sp³-hybridized carbons (Fsp3) is 0.357. The van der Waals surface area contributed by atoms with Crippen LogP contribution in [0, 0.1) is 19.7 Å². The number of carboxylic acid groups (broad SMARTS) is 1. The van der Waals surface area contributed by atoms with Crippen LogP contribution in [-0.4, -0.2) is 49.7 Å². The lowest BCUT2D eigenvalue weighted by Crippen LogP contribution is -2.09. The number of aliphatic carboxylic acids is 1. The van der Waals surface area contributed by atoms with E-state index in [4.69, 9.17) is 19.3 Å². The van der Waals surface area contributed by atoms with E-state index in [1.807, 2.05) is 31.2 Å². The van der Waals surface area contributed by atoms with E-state index in [-0.39, 0.29) is 43.5 Å². The van der Waals surface area contributed by atoms with Crippen molar-refractivity contribution in [2.24, 2.45) is 0 Å². The van der Waals surface area contributed by atoms with Crippen LogP contribution in [0.25, 0.3) is 11.1 Å². The number of aromatic nitrogens is 1. The topological polar surface area (TPSA) is 112 Å². The lowest BCUT2D eigenvalue weighted by molar-refractivity contribution is -0.137. The number of halogens is 1. The number of aryl methyl sites for hydroxylation is 1. The summed E-state index contributed by atoms with van der Waals surface area (Å²) >= 11 is 0. The monoisotopic (exact) mass is 543 g/mol. The van der Waals surface area contributed by atoms with Gasteiger partial charge in [0.1, 0.15) is 22.2 Å². The Bertz CT molecular complexity index is 1460. The molecule has 1 aromatic heterocycles. The van der Waals surface area contributed by atoms with Gasteiger partial charge in [0.25, 0.3) is 0 Å². The van der Waals surface area contributed by atoms with E-state index in [9.17, 15) is 13.2 Å². The Hall–Kier alpha value is -3.66. The van der Waals surface area contributed by atoms with E-state index in [1.165, 1.54) is 0 Å². The predicted octanol–water partition coefficient (Wildman–Crippen LogP) is 4.85. The lowest BCUT2D eigenvalue weighted by Gasteiger charge is -2.16. The van der Waals surface area contributed by atoms with E-state index in [1.54, 1.807) is 25.3 Å². The molecule has 1 aliphatic rings. The molecule has 0 spiro atoms. The molecule has 1 aliphatic heterocycles. The minimum Gasteiger partial charge on any atom is -0.492 e. The number of ether oxygens (including phenoxy) is 3. The molecule has 0 amide bonds. The van der Waals surface area contributed by atoms with Gasteiger partial charge < -0.3 is 19.3 Å². The average molecular weight is 544 g/mol. The van der Waals surface area contributed by atoms with Crippen LogP contribution in [0.5, 0.6) is 17.4 Å². The SMILES string of the molecule is Cc1cc(OCCCS(C)(=O)=O)c(F)c(C)c1-c1cccc(COc2cc3c(cn2)[C@@H](CC(=O)O)CO3)c1. The summed E-state index contributed by atoms with van der Waals surface area (Å²) in [5.74, 6) is -0.557. The maximum atomic E-state index is 15.1. The summed E-state index contributed by atoms with van der Waals surface area (Å²) in [4.78, 5) is 15.3. The number of carbonyl (C=O) groups is 1. The van der Waals surface area contributed by atoms with Crippen LogP contribution in [0.4, 0.5) is 4.39 Å². The first-order valence-corrected chi connectivity index (χ1v) is 14.2. The number of pyridine rings is 1. The summed E-state index contributed by atoms with van der Waals surface area (Å²) in [6.45, 7) is 4.20. The predicted molar refractivity (Wildman–Crippen MR) is 140 cm³/mol. The van der Waals surface area contributed by atoms with Gasteiger partial charge in [-0.2, -0.15) is 0 Å². The van der Waals surface area contributed by atoms with Crippen molar-refractivity contribution in [3.05, 3.63) is 70.7 Å². The second kappa shape index (κ2) is 11.4. The van der Waals surface area contributed by atoms with Gasteiger partial charge in [-0.3, -0.25) is 4.79 Å². The number of rotatable bonds is 11. The molecule has 1 N–H and O–H groups in total. The molecule has 0 saturated heterocycles. The van der Waals surface area contributed by atoms with Crippen molar-refractivity contribution in [1.29, 1.82) is 0 Å². The van der Waals surface area contributed by atoms with Gasteiger partial charge in [-0.05, 0) is 60.2 Å². The Kier molecular flexibility index (Phi) is 8.20. The maximum absolute atomic E-state index is 15.1. The third kappa shape index (κ3) is 6.61. The van der Waals surface area contributed by atoms with Crippen LogP contribution >= 0.6 is 0 Å². The van der Waals surface area contributed by atoms with Gasteiger partial charge in [0.15, 0.2) is 11.6 Å². The second-order valence-corrected chi connectivity index (χ2v) is 11.8. The summed E-state index contributed by atoms with van der Waals surface area (Å²) in [5, 5.41) is 9.05. The third-order valence-corrected chi connectivity index (χ3v) is 7.38. The number of nitrogens with zero attached hydrogens (tertiary/aromatic N) is 1. The van der Waals surface area contributed by atoms with Crippen LogP contribution < -0.4 is 14.2 Å². The van der Waals surface area contributed by atoms with Crippen molar-refractivity contribution in [2.45, 2.75) is 39.2 Å². The van der Waals surface area contributed by atoms with Crippen molar-refractivity contribution in [3.63, 3.8) is 0 Å². The van der Waals surface area contributed by atoms with Crippen LogP contribution in [0.15, 0.2) is 42.6 Å². The number of hydrogen-bond donors (Lipinski definition) is 1. The molecule has 4 rings (SSSR count). The Labute approximate surface area is 221 Å². The van der Waals surface area contributed by atoms with Gasteiger partial charge in [-0.25, -0.2) is 17.8 Å². The molecule has 0 bridgehead atoms. The van der Waals surface area contributed by atoms with Gasteiger partial charge in [0.2, 0.25) is 5.88 Å². The first-order valence-electron chi connectivity index (χ1n) is 12.2. The fourth-order valence-corrected chi connectivity index (χ4v) is 5.19. The maximum Gasteiger partial charge on any atom is 0.304 e. The molecule has 8 nitrogen and oxygen atoms in total. The zero-order chi connectivity index (χ0) is 27.4. The van der Waals surface area contributed by atoms with Gasteiger partial charge in [0.05, 0.1) is 25.4 Å². The highest BCUT2D eigenvalue weighted by Crippen LogP contribution is 2.38. The molecule has 202 valence electrons. The Balaban J connectivity index is 1.45. The molecular formula is C28H30FNO7S. The number of hydrogen-bond acceptors (Lipinski definition) is 7. The zero-order valence-electron chi connectivity index (χ0n) is 21.5. The third-order valence-electron chi connectivity index (χ3n) is 6.35. The van der Waals surface area contributed by atoms with Crippen molar-refractivity contribution in [1.82, 2.24) is 4.98 Å². The molecule has 10 heteroatoms. The number of fused-ring (bicyclic) bond motifs is 1. The minimum absolute atomic E-state index is 0.0151. The van der Waals surface area contributed by atoms with Crippen LogP contribution in [0.2, 0.25) is 0 Å². The summed E-state index contributed by atoms with van der Waals surface area (Å²) in [6.07, 6.45) is 3.03. The lowest BCUT2D eigenvalue weighted by atomic mass is 9.94. The second-order valence-electron chi connectivity index (χ2n) is 9.49. The van der Waals surface area contributed by atoms with E-state index in [0.717, 1.165) is 34.1 Å². The van der Waals surface area contributed by atoms with E-state index in [0.29, 0.717) is 23.8 Å². The molecule has 0 unspecified atom stereocenters. The van der Waals surface area contributed by atoms with E-state index < -0.39 is 21.6 Å². The molecule has 0 saturated carbocycles. The number of carboxylic acids is 1. The van der Waals surface area contributed by atoms with Crippen molar-refractivity contribution in [2.75, 3.05) is 25.2 Å². The molecule has 1 atom stereocenters. The van der Waals surface area contributed by atoms with Crippen molar-refractivity contribution in [3.8, 4) is 28.5 Å². The summed E-state index contributed by atoms with van der Waals surface area (Å²) in [6, 6.07) is 10.9. The minimum atomic E-state index is -3.10. The van der Waals surface area contributed by atoms with Gasteiger partial charge in [0, 0.05) is 30.0 Å². The summed E-state index contributed by atoms with van der Waals surface area (Å²) in [7, 11) is -3.10. The molecule has 0 radical (unpaired) electrons. The van der Waals surface area contributed by atoms with Crippen molar-refractivity contribution >= 4 is 15.8 Å². The zero-order valence-corrected chi connectivity index (χ0v) is 22.3. The highest BCUT2D eigenvalue weighted by atomic mass is 32.2. The normalized spacial score (nSPS) is 14.6. The van der Waals surface area contributed by atoms with Gasteiger partial charge in [-0.15, -0.1) is 0 Å². The largest absolute Gasteiger partial charge is 0.492 e. The first-order chi connectivity index (χ1) is 18.0. The highest BCUT2D eigenvalue weighted by molar-refractivity contribution is 7.90. The summed E-state index contributed by atoms with van der Waals surface area (Å²) in [5.41, 5.74) is 4.46. The Morgan fingerprint density at radius 2 is 2.00 bits per heavy atom. The van der Waals surface area contributed by atoms with E-state index in [2.05, 4.69) is 4.98 Å². The Morgan fingerprint density at radius 1 is 1.21 bits per heavy atom. The molecule has 0 aliphatic carbocycles. The molecule has 2 aromatic carbocycles. The molecule has 38 heavy (non-hydrogen) atoms. The van der Waals surface area contributed by atoms with Crippen LogP contribution in [0.3, 0.4) is 0 Å². The van der Waals surface area contributed by atoms with Crippen LogP contribution in [0.1, 0.15) is 41.0 Å². The average Bonchev–Trinajstić information content (AvgIpc) is 3.24. The molecular weight excluding hydrogens is 513 g/mol. The van der Waals surface area contributed by atoms with Gasteiger partial charge in [-0.1, -0.05) is 18.2 Å². The van der Waals surface area contributed by atoms with Crippen LogP contribution in [-0.2, 0) is 21.2 Å². The van der Waals surface area contributed by atoms with Crippen molar-refractivity contribution < 1.29 is 36.9 Å². The molecule has 0 fully saturated rings. The van der Waals surface area contributed by atoms with Gasteiger partial charge >= 0.3 is 5.97 Å². The van der Waals surface area contributed by atoms with E-state index >= 15 is 4.39 Å². The highest BCUT2D eigenvalue weighted by Gasteiger charge is 2.27. The first kappa shape index (κ1) is 27.4. The smallest absolute Gasteiger partial charge is 0.304 e. The fourth-order valence-electron chi connectivity index (χ4n) is 4.55.